The van der Waals surface area contributed by atoms with Crippen molar-refractivity contribution in [2.24, 2.45) is 46.3 Å². The van der Waals surface area contributed by atoms with Crippen LogP contribution in [0.15, 0.2) is 11.6 Å². The van der Waals surface area contributed by atoms with E-state index in [1.165, 1.54) is 83.7 Å². The Morgan fingerprint density at radius 1 is 1.00 bits per heavy atom. The molecule has 3 nitrogen and oxygen atoms in total. The van der Waals surface area contributed by atoms with Gasteiger partial charge in [0.25, 0.3) is 0 Å². The topological polar surface area (TPSA) is 29.5 Å². The van der Waals surface area contributed by atoms with Crippen LogP contribution in [0.2, 0.25) is 0 Å². The van der Waals surface area contributed by atoms with E-state index in [2.05, 4.69) is 45.6 Å². The molecule has 4 aliphatic carbocycles. The minimum atomic E-state index is 0.0417. The summed E-state index contributed by atoms with van der Waals surface area (Å²) in [6, 6.07) is 0. The van der Waals surface area contributed by atoms with Crippen LogP contribution in [0.4, 0.5) is 0 Å². The van der Waals surface area contributed by atoms with Crippen LogP contribution < -0.4 is 0 Å². The highest BCUT2D eigenvalue weighted by Gasteiger charge is 2.59. The molecule has 0 unspecified atom stereocenters. The lowest BCUT2D eigenvalue weighted by molar-refractivity contribution is -0.151. The molecule has 1 heterocycles. The molecule has 1 saturated heterocycles. The number of fused-ring (bicyclic) bond motifs is 5. The molecule has 8 atom stereocenters. The summed E-state index contributed by atoms with van der Waals surface area (Å²) in [5, 5.41) is 0. The van der Waals surface area contributed by atoms with Gasteiger partial charge >= 0.3 is 5.97 Å². The van der Waals surface area contributed by atoms with Crippen molar-refractivity contribution in [1.29, 1.82) is 0 Å². The number of carbonyl (C=O) groups excluding carboxylic acids is 1. The summed E-state index contributed by atoms with van der Waals surface area (Å²) in [6.45, 7) is 16.1. The lowest BCUT2D eigenvalue weighted by Gasteiger charge is -2.58. The Hall–Kier alpha value is -0.830. The molecule has 5 rings (SSSR count). The van der Waals surface area contributed by atoms with Crippen LogP contribution in [0.25, 0.3) is 0 Å². The summed E-state index contributed by atoms with van der Waals surface area (Å²) >= 11 is 0. The largest absolute Gasteiger partial charge is 0.462 e. The minimum Gasteiger partial charge on any atom is -0.462 e. The summed E-state index contributed by atoms with van der Waals surface area (Å²) in [7, 11) is 0. The van der Waals surface area contributed by atoms with Crippen molar-refractivity contribution in [3.63, 3.8) is 0 Å². The third-order valence-electron chi connectivity index (χ3n) is 12.6. The van der Waals surface area contributed by atoms with Gasteiger partial charge < -0.3 is 9.64 Å². The quantitative estimate of drug-likeness (QED) is 0.211. The van der Waals surface area contributed by atoms with Crippen LogP contribution in [0.3, 0.4) is 0 Å². The van der Waals surface area contributed by atoms with E-state index in [1.54, 1.807) is 5.57 Å². The zero-order chi connectivity index (χ0) is 26.9. The lowest BCUT2D eigenvalue weighted by atomic mass is 9.47. The van der Waals surface area contributed by atoms with Gasteiger partial charge in [-0.05, 0) is 130 Å². The number of esters is 1. The maximum absolute atomic E-state index is 12.6. The fourth-order valence-corrected chi connectivity index (χ4v) is 10.5. The molecule has 0 aromatic carbocycles. The maximum Gasteiger partial charge on any atom is 0.306 e. The summed E-state index contributed by atoms with van der Waals surface area (Å²) in [5.41, 5.74) is 2.53. The van der Waals surface area contributed by atoms with E-state index < -0.39 is 0 Å². The molecule has 0 spiro atoms. The number of ether oxygens (including phenoxy) is 1. The van der Waals surface area contributed by atoms with E-state index in [9.17, 15) is 4.79 Å². The molecule has 38 heavy (non-hydrogen) atoms. The predicted molar refractivity (Wildman–Crippen MR) is 158 cm³/mol. The first kappa shape index (κ1) is 28.7. The SMILES string of the molecule is CC(C)CCC[C@@H](C)[C@H]1CC[C@H]2[C@@H]3CC=C4C[C@@H](OC(=O)CCCN5CCCC5)CC[C@]4(C)[C@H]3CC[C@]12C. The van der Waals surface area contributed by atoms with Gasteiger partial charge in [0, 0.05) is 12.8 Å². The average Bonchev–Trinajstić information content (AvgIpc) is 3.51. The number of allylic oxidation sites excluding steroid dienone is 1. The minimum absolute atomic E-state index is 0.0417. The van der Waals surface area contributed by atoms with Gasteiger partial charge in [0.1, 0.15) is 6.10 Å². The zero-order valence-corrected chi connectivity index (χ0v) is 25.6. The average molecular weight is 526 g/mol. The lowest BCUT2D eigenvalue weighted by Crippen LogP contribution is -2.51. The molecule has 3 saturated carbocycles. The van der Waals surface area contributed by atoms with Crippen LogP contribution >= 0.6 is 0 Å². The molecule has 216 valence electrons. The summed E-state index contributed by atoms with van der Waals surface area (Å²) in [6.07, 6.45) is 21.5. The van der Waals surface area contributed by atoms with Crippen LogP contribution in [0.1, 0.15) is 131 Å². The van der Waals surface area contributed by atoms with E-state index in [1.807, 2.05) is 0 Å². The number of hydrogen-bond donors (Lipinski definition) is 0. The van der Waals surface area contributed by atoms with Crippen LogP contribution in [-0.2, 0) is 9.53 Å². The van der Waals surface area contributed by atoms with Crippen molar-refractivity contribution < 1.29 is 9.53 Å². The highest BCUT2D eigenvalue weighted by molar-refractivity contribution is 5.69. The second kappa shape index (κ2) is 12.0. The van der Waals surface area contributed by atoms with E-state index in [-0.39, 0.29) is 12.1 Å². The van der Waals surface area contributed by atoms with Gasteiger partial charge in [0.05, 0.1) is 0 Å². The second-order valence-electron chi connectivity index (χ2n) is 15.3. The van der Waals surface area contributed by atoms with Gasteiger partial charge in [-0.25, -0.2) is 0 Å². The van der Waals surface area contributed by atoms with Gasteiger partial charge in [-0.1, -0.05) is 65.5 Å². The number of likely N-dealkylation sites (tertiary alicyclic amines) is 1. The third kappa shape index (κ3) is 5.80. The second-order valence-corrected chi connectivity index (χ2v) is 15.3. The van der Waals surface area contributed by atoms with Gasteiger partial charge in [0.15, 0.2) is 0 Å². The first-order chi connectivity index (χ1) is 18.2. The summed E-state index contributed by atoms with van der Waals surface area (Å²) in [4.78, 5) is 15.1. The van der Waals surface area contributed by atoms with E-state index in [0.717, 1.165) is 61.3 Å². The Morgan fingerprint density at radius 2 is 1.79 bits per heavy atom. The molecule has 0 bridgehead atoms. The highest BCUT2D eigenvalue weighted by atomic mass is 16.5. The molecular formula is C35H59NO2. The third-order valence-corrected chi connectivity index (χ3v) is 12.6. The molecule has 3 heteroatoms. The van der Waals surface area contributed by atoms with E-state index >= 15 is 0 Å². The maximum atomic E-state index is 12.6. The van der Waals surface area contributed by atoms with Crippen LogP contribution in [-0.4, -0.2) is 36.6 Å². The molecule has 0 amide bonds. The van der Waals surface area contributed by atoms with Gasteiger partial charge in [-0.15, -0.1) is 0 Å². The van der Waals surface area contributed by atoms with Crippen LogP contribution in [0.5, 0.6) is 0 Å². The number of hydrogen-bond acceptors (Lipinski definition) is 3. The fourth-order valence-electron chi connectivity index (χ4n) is 10.5. The fraction of sp³-hybridized carbons (Fsp3) is 0.914. The molecule has 0 radical (unpaired) electrons. The van der Waals surface area contributed by atoms with Crippen molar-refractivity contribution in [2.45, 2.75) is 137 Å². The van der Waals surface area contributed by atoms with Crippen molar-refractivity contribution >= 4 is 5.97 Å². The normalized spacial score (nSPS) is 39.8. The summed E-state index contributed by atoms with van der Waals surface area (Å²) < 4.78 is 6.06. The number of nitrogens with zero attached hydrogens (tertiary/aromatic N) is 1. The van der Waals surface area contributed by atoms with Gasteiger partial charge in [0.2, 0.25) is 0 Å². The highest BCUT2D eigenvalue weighted by Crippen LogP contribution is 2.67. The number of rotatable bonds is 10. The molecule has 1 aliphatic heterocycles. The Morgan fingerprint density at radius 3 is 2.55 bits per heavy atom. The van der Waals surface area contributed by atoms with E-state index in [4.69, 9.17) is 4.74 Å². The van der Waals surface area contributed by atoms with Crippen molar-refractivity contribution in [3.8, 4) is 0 Å². The number of carbonyl (C=O) groups is 1. The molecule has 0 aromatic rings. The van der Waals surface area contributed by atoms with Crippen molar-refractivity contribution in [3.05, 3.63) is 11.6 Å². The Bertz CT molecular complexity index is 843. The monoisotopic (exact) mass is 525 g/mol. The first-order valence-electron chi connectivity index (χ1n) is 16.8. The molecule has 5 aliphatic rings. The Balaban J connectivity index is 1.16. The predicted octanol–water partition coefficient (Wildman–Crippen LogP) is 8.82. The Labute approximate surface area is 234 Å². The standard InChI is InChI=1S/C35H59NO2/c1-25(2)10-8-11-26(3)30-15-16-31-29-14-13-27-24-28(38-33(37)12-9-23-36-21-6-7-22-36)17-19-34(27,4)32(29)18-20-35(30,31)5/h13,25-26,28-32H,6-12,14-24H2,1-5H3/t26-,28+,29+,30-,31+,32+,34+,35-/m1/s1. The first-order valence-corrected chi connectivity index (χ1v) is 16.8. The van der Waals surface area contributed by atoms with E-state index in [0.29, 0.717) is 17.3 Å². The smallest absolute Gasteiger partial charge is 0.306 e. The zero-order valence-electron chi connectivity index (χ0n) is 25.6. The van der Waals surface area contributed by atoms with Gasteiger partial charge in [-0.2, -0.15) is 0 Å². The molecule has 0 N–H and O–H groups in total. The van der Waals surface area contributed by atoms with Crippen LogP contribution in [0, 0.1) is 46.3 Å². The van der Waals surface area contributed by atoms with Crippen molar-refractivity contribution in [1.82, 2.24) is 4.90 Å². The molecule has 0 aromatic heterocycles. The summed E-state index contributed by atoms with van der Waals surface area (Å²) in [5.74, 6) is 5.32. The van der Waals surface area contributed by atoms with Gasteiger partial charge in [-0.3, -0.25) is 4.79 Å². The van der Waals surface area contributed by atoms with Crippen molar-refractivity contribution in [2.75, 3.05) is 19.6 Å². The Kier molecular flexibility index (Phi) is 9.03. The molecule has 4 fully saturated rings. The molecular weight excluding hydrogens is 466 g/mol.